The van der Waals surface area contributed by atoms with Gasteiger partial charge in [-0.2, -0.15) is 5.10 Å². The number of amides is 1. The van der Waals surface area contributed by atoms with E-state index in [4.69, 9.17) is 4.74 Å². The van der Waals surface area contributed by atoms with Crippen LogP contribution in [0.15, 0.2) is 41.7 Å². The number of aromatic nitrogens is 2. The Hall–Kier alpha value is -2.87. The average molecular weight is 425 g/mol. The molecule has 1 aromatic carbocycles. The molecule has 2 aromatic rings. The van der Waals surface area contributed by atoms with Crippen molar-refractivity contribution in [1.29, 1.82) is 0 Å². The smallest absolute Gasteiger partial charge is 0.246 e. The Morgan fingerprint density at radius 1 is 1.29 bits per heavy atom. The third-order valence-corrected chi connectivity index (χ3v) is 6.11. The van der Waals surface area contributed by atoms with E-state index in [0.717, 1.165) is 44.2 Å². The Labute approximate surface area is 183 Å². The van der Waals surface area contributed by atoms with E-state index < -0.39 is 0 Å². The Balaban J connectivity index is 1.36. The van der Waals surface area contributed by atoms with Gasteiger partial charge in [-0.15, -0.1) is 0 Å². The monoisotopic (exact) mass is 424 g/mol. The van der Waals surface area contributed by atoms with Gasteiger partial charge >= 0.3 is 0 Å². The van der Waals surface area contributed by atoms with Crippen molar-refractivity contribution in [3.05, 3.63) is 47.8 Å². The molecule has 2 atom stereocenters. The summed E-state index contributed by atoms with van der Waals surface area (Å²) >= 11 is 0. The molecule has 1 N–H and O–H groups in total. The highest BCUT2D eigenvalue weighted by molar-refractivity contribution is 5.98. The van der Waals surface area contributed by atoms with Crippen LogP contribution in [0.3, 0.4) is 0 Å². The van der Waals surface area contributed by atoms with Crippen molar-refractivity contribution >= 4 is 17.6 Å². The van der Waals surface area contributed by atoms with Crippen molar-refractivity contribution in [2.24, 2.45) is 18.0 Å². The highest BCUT2D eigenvalue weighted by Crippen LogP contribution is 2.33. The van der Waals surface area contributed by atoms with Crippen LogP contribution in [0.4, 0.5) is 5.69 Å². The number of hydrogen-bond donors (Lipinski definition) is 1. The molecule has 0 spiro atoms. The molecule has 31 heavy (non-hydrogen) atoms. The van der Waals surface area contributed by atoms with Crippen molar-refractivity contribution < 1.29 is 9.53 Å². The molecule has 0 saturated carbocycles. The van der Waals surface area contributed by atoms with Crippen LogP contribution in [-0.2, 0) is 16.6 Å². The lowest BCUT2D eigenvalue weighted by Crippen LogP contribution is -2.56. The van der Waals surface area contributed by atoms with E-state index in [1.165, 1.54) is 11.1 Å². The predicted octanol–water partition coefficient (Wildman–Crippen LogP) is 2.12. The number of carbonyl (C=O) groups excluding carboxylic acids is 1. The first-order chi connectivity index (χ1) is 15.0. The number of anilines is 1. The average Bonchev–Trinajstić information content (AvgIpc) is 3.21. The van der Waals surface area contributed by atoms with Crippen molar-refractivity contribution in [3.63, 3.8) is 0 Å². The number of ether oxygens (including phenoxy) is 1. The summed E-state index contributed by atoms with van der Waals surface area (Å²) in [5, 5.41) is 7.68. The van der Waals surface area contributed by atoms with E-state index in [9.17, 15) is 4.79 Å². The second-order valence-corrected chi connectivity index (χ2v) is 8.37. The third kappa shape index (κ3) is 4.90. The Kier molecular flexibility index (Phi) is 6.56. The number of aliphatic imine (C=N–C) groups is 1. The number of aryl methyl sites for hydroxylation is 2. The van der Waals surface area contributed by atoms with Crippen LogP contribution in [0.1, 0.15) is 30.1 Å². The first-order valence-corrected chi connectivity index (χ1v) is 11.0. The first kappa shape index (κ1) is 21.4. The molecular formula is C23H32N6O2. The number of guanidine groups is 1. The lowest BCUT2D eigenvalue weighted by molar-refractivity contribution is -0.120. The molecule has 2 fully saturated rings. The largest absolute Gasteiger partial charge is 0.373 e. The zero-order valence-corrected chi connectivity index (χ0v) is 18.6. The zero-order chi connectivity index (χ0) is 21.8. The highest BCUT2D eigenvalue weighted by atomic mass is 16.5. The van der Waals surface area contributed by atoms with Gasteiger partial charge in [0.1, 0.15) is 6.54 Å². The lowest BCUT2D eigenvalue weighted by Gasteiger charge is -2.37. The van der Waals surface area contributed by atoms with Crippen LogP contribution in [0.2, 0.25) is 0 Å². The van der Waals surface area contributed by atoms with Crippen LogP contribution >= 0.6 is 0 Å². The third-order valence-electron chi connectivity index (χ3n) is 6.11. The minimum atomic E-state index is 0.0562. The number of nitrogens with zero attached hydrogens (tertiary/aromatic N) is 5. The highest BCUT2D eigenvalue weighted by Gasteiger charge is 2.30. The summed E-state index contributed by atoms with van der Waals surface area (Å²) < 4.78 is 7.86. The summed E-state index contributed by atoms with van der Waals surface area (Å²) in [6.45, 7) is 5.31. The summed E-state index contributed by atoms with van der Waals surface area (Å²) in [4.78, 5) is 21.0. The fourth-order valence-electron chi connectivity index (χ4n) is 4.41. The predicted molar refractivity (Wildman–Crippen MR) is 121 cm³/mol. The fourth-order valence-corrected chi connectivity index (χ4v) is 4.41. The van der Waals surface area contributed by atoms with Gasteiger partial charge in [0.15, 0.2) is 5.96 Å². The molecule has 2 aliphatic rings. The molecule has 0 aliphatic carbocycles. The Bertz CT molecular complexity index is 922. The summed E-state index contributed by atoms with van der Waals surface area (Å²) in [6, 6.07) is 8.63. The quantitative estimate of drug-likeness (QED) is 0.601. The molecular weight excluding hydrogens is 392 g/mol. The lowest BCUT2D eigenvalue weighted by atomic mass is 9.89. The van der Waals surface area contributed by atoms with Gasteiger partial charge in [0.25, 0.3) is 0 Å². The van der Waals surface area contributed by atoms with E-state index in [0.29, 0.717) is 19.0 Å². The van der Waals surface area contributed by atoms with E-state index >= 15 is 0 Å². The standard InChI is InChI=1S/C23H32N6O2/c1-17-6-8-18(9-7-17)22-19(5-4-12-31-22)13-25-23(24-2)28-10-11-29(21(30)16-28)20-14-26-27(3)15-20/h6-9,14-15,19,22H,4-5,10-13,16H2,1-3H3,(H,24,25). The van der Waals surface area contributed by atoms with Gasteiger partial charge in [-0.05, 0) is 25.3 Å². The van der Waals surface area contributed by atoms with Crippen molar-refractivity contribution in [3.8, 4) is 0 Å². The van der Waals surface area contributed by atoms with Gasteiger partial charge in [-0.1, -0.05) is 29.8 Å². The maximum atomic E-state index is 12.7. The van der Waals surface area contributed by atoms with Crippen molar-refractivity contribution in [2.45, 2.75) is 25.9 Å². The molecule has 2 unspecified atom stereocenters. The van der Waals surface area contributed by atoms with Gasteiger partial charge in [-0.25, -0.2) is 0 Å². The fraction of sp³-hybridized carbons (Fsp3) is 0.522. The molecule has 3 heterocycles. The molecule has 1 amide bonds. The minimum absolute atomic E-state index is 0.0562. The van der Waals surface area contributed by atoms with E-state index in [1.54, 1.807) is 22.8 Å². The normalized spacial score (nSPS) is 22.7. The Morgan fingerprint density at radius 2 is 2.10 bits per heavy atom. The second kappa shape index (κ2) is 9.51. The maximum absolute atomic E-state index is 12.7. The number of piperazine rings is 1. The summed E-state index contributed by atoms with van der Waals surface area (Å²) in [5.41, 5.74) is 3.33. The molecule has 8 heteroatoms. The van der Waals surface area contributed by atoms with Gasteiger partial charge in [0.2, 0.25) is 5.91 Å². The number of benzene rings is 1. The SMILES string of the molecule is CN=C(NCC1CCCOC1c1ccc(C)cc1)N1CCN(c2cnn(C)c2)C(=O)C1. The summed E-state index contributed by atoms with van der Waals surface area (Å²) in [5.74, 6) is 1.19. The molecule has 8 nitrogen and oxygen atoms in total. The second-order valence-electron chi connectivity index (χ2n) is 8.37. The number of carbonyl (C=O) groups is 1. The maximum Gasteiger partial charge on any atom is 0.246 e. The summed E-state index contributed by atoms with van der Waals surface area (Å²) in [7, 11) is 3.63. The molecule has 166 valence electrons. The summed E-state index contributed by atoms with van der Waals surface area (Å²) in [6.07, 6.45) is 5.86. The molecule has 1 aromatic heterocycles. The number of rotatable bonds is 4. The zero-order valence-electron chi connectivity index (χ0n) is 18.6. The van der Waals surface area contributed by atoms with Crippen LogP contribution in [-0.4, -0.2) is 66.4 Å². The van der Waals surface area contributed by atoms with Crippen LogP contribution < -0.4 is 10.2 Å². The molecule has 2 saturated heterocycles. The van der Waals surface area contributed by atoms with E-state index in [2.05, 4.69) is 46.6 Å². The number of nitrogens with one attached hydrogen (secondary N) is 1. The van der Waals surface area contributed by atoms with Gasteiger partial charge < -0.3 is 19.9 Å². The molecule has 2 aliphatic heterocycles. The van der Waals surface area contributed by atoms with Crippen molar-refractivity contribution in [1.82, 2.24) is 20.0 Å². The topological polar surface area (TPSA) is 75.0 Å². The van der Waals surface area contributed by atoms with Gasteiger partial charge in [0.05, 0.1) is 18.0 Å². The van der Waals surface area contributed by atoms with Crippen LogP contribution in [0.5, 0.6) is 0 Å². The van der Waals surface area contributed by atoms with Gasteiger partial charge in [0, 0.05) is 52.5 Å². The molecule has 0 bridgehead atoms. The number of hydrogen-bond acceptors (Lipinski definition) is 4. The molecule has 0 radical (unpaired) electrons. The Morgan fingerprint density at radius 3 is 2.77 bits per heavy atom. The first-order valence-electron chi connectivity index (χ1n) is 11.0. The van der Waals surface area contributed by atoms with Crippen LogP contribution in [0, 0.1) is 12.8 Å². The molecule has 4 rings (SSSR count). The van der Waals surface area contributed by atoms with Crippen molar-refractivity contribution in [2.75, 3.05) is 44.7 Å². The van der Waals surface area contributed by atoms with E-state index in [-0.39, 0.29) is 12.0 Å². The van der Waals surface area contributed by atoms with Gasteiger partial charge in [-0.3, -0.25) is 14.5 Å². The van der Waals surface area contributed by atoms with Crippen LogP contribution in [0.25, 0.3) is 0 Å². The minimum Gasteiger partial charge on any atom is -0.373 e. The van der Waals surface area contributed by atoms with E-state index in [1.807, 2.05) is 18.1 Å².